The summed E-state index contributed by atoms with van der Waals surface area (Å²) >= 11 is 0. The average molecular weight is 284 g/mol. The summed E-state index contributed by atoms with van der Waals surface area (Å²) in [5.74, 6) is 0. The Balaban J connectivity index is 2.18. The van der Waals surface area contributed by atoms with Crippen molar-refractivity contribution in [2.45, 2.75) is 39.9 Å². The van der Waals surface area contributed by atoms with Crippen molar-refractivity contribution in [3.05, 3.63) is 53.6 Å². The molecule has 0 radical (unpaired) electrons. The molecule has 0 spiro atoms. The van der Waals surface area contributed by atoms with Crippen LogP contribution in [-0.4, -0.2) is 23.1 Å². The molecule has 2 aromatic rings. The van der Waals surface area contributed by atoms with Gasteiger partial charge in [0.05, 0.1) is 0 Å². The molecule has 0 amide bonds. The van der Waals surface area contributed by atoms with Crippen LogP contribution in [0.2, 0.25) is 0 Å². The quantitative estimate of drug-likeness (QED) is 0.885. The molecule has 0 aliphatic heterocycles. The van der Waals surface area contributed by atoms with E-state index in [1.165, 1.54) is 16.8 Å². The summed E-state index contributed by atoms with van der Waals surface area (Å²) in [5.41, 5.74) is 4.69. The van der Waals surface area contributed by atoms with E-state index in [9.17, 15) is 0 Å². The van der Waals surface area contributed by atoms with Gasteiger partial charge in [0.15, 0.2) is 0 Å². The zero-order valence-corrected chi connectivity index (χ0v) is 13.3. The second-order valence-electron chi connectivity index (χ2n) is 5.71. The van der Waals surface area contributed by atoms with E-state index in [4.69, 9.17) is 0 Å². The first kappa shape index (κ1) is 15.4. The fourth-order valence-corrected chi connectivity index (χ4v) is 2.23. The van der Waals surface area contributed by atoms with Crippen molar-refractivity contribution in [2.24, 2.45) is 0 Å². The predicted octanol–water partition coefficient (Wildman–Crippen LogP) is 2.92. The van der Waals surface area contributed by atoms with Crippen molar-refractivity contribution in [3.8, 4) is 0 Å². The first-order valence-electron chi connectivity index (χ1n) is 7.35. The van der Waals surface area contributed by atoms with Crippen LogP contribution in [0.3, 0.4) is 0 Å². The Morgan fingerprint density at radius 1 is 1.29 bits per heavy atom. The third kappa shape index (κ3) is 4.53. The SMILES string of the molecule is Cc1cc(N(C)Cc2cccnc2)c(CNC(C)C)cn1. The number of hydrogen-bond acceptors (Lipinski definition) is 4. The van der Waals surface area contributed by atoms with Gasteiger partial charge in [0.2, 0.25) is 0 Å². The van der Waals surface area contributed by atoms with E-state index < -0.39 is 0 Å². The van der Waals surface area contributed by atoms with Crippen molar-refractivity contribution >= 4 is 5.69 Å². The lowest BCUT2D eigenvalue weighted by Crippen LogP contribution is -2.25. The highest BCUT2D eigenvalue weighted by Gasteiger charge is 2.10. The normalized spacial score (nSPS) is 10.9. The van der Waals surface area contributed by atoms with Crippen LogP contribution in [0.4, 0.5) is 5.69 Å². The van der Waals surface area contributed by atoms with Crippen LogP contribution in [0.25, 0.3) is 0 Å². The molecule has 0 saturated carbocycles. The van der Waals surface area contributed by atoms with Crippen LogP contribution in [0, 0.1) is 6.92 Å². The van der Waals surface area contributed by atoms with Crippen molar-refractivity contribution in [1.82, 2.24) is 15.3 Å². The minimum absolute atomic E-state index is 0.461. The Morgan fingerprint density at radius 2 is 2.10 bits per heavy atom. The standard InChI is InChI=1S/C17H24N4/c1-13(2)19-10-16-11-20-14(3)8-17(16)21(4)12-15-6-5-7-18-9-15/h5-9,11,13,19H,10,12H2,1-4H3. The van der Waals surface area contributed by atoms with Gasteiger partial charge in [-0.3, -0.25) is 9.97 Å². The van der Waals surface area contributed by atoms with Gasteiger partial charge in [-0.25, -0.2) is 0 Å². The second-order valence-corrected chi connectivity index (χ2v) is 5.71. The minimum atomic E-state index is 0.461. The molecule has 4 nitrogen and oxygen atoms in total. The Hall–Kier alpha value is -1.94. The molecule has 0 aliphatic rings. The molecule has 2 heterocycles. The van der Waals surface area contributed by atoms with E-state index in [-0.39, 0.29) is 0 Å². The minimum Gasteiger partial charge on any atom is -0.370 e. The number of aryl methyl sites for hydroxylation is 1. The highest BCUT2D eigenvalue weighted by Crippen LogP contribution is 2.21. The molecule has 0 saturated heterocycles. The average Bonchev–Trinajstić information content (AvgIpc) is 2.46. The molecule has 2 rings (SSSR count). The van der Waals surface area contributed by atoms with Gasteiger partial charge in [-0.15, -0.1) is 0 Å². The maximum atomic E-state index is 4.43. The largest absolute Gasteiger partial charge is 0.370 e. The van der Waals surface area contributed by atoms with Gasteiger partial charge in [-0.2, -0.15) is 0 Å². The molecule has 0 bridgehead atoms. The summed E-state index contributed by atoms with van der Waals surface area (Å²) < 4.78 is 0. The van der Waals surface area contributed by atoms with Gasteiger partial charge in [0, 0.05) is 61.7 Å². The number of pyridine rings is 2. The number of rotatable bonds is 6. The van der Waals surface area contributed by atoms with Crippen molar-refractivity contribution in [3.63, 3.8) is 0 Å². The van der Waals surface area contributed by atoms with Crippen LogP contribution < -0.4 is 10.2 Å². The van der Waals surface area contributed by atoms with Gasteiger partial charge in [0.1, 0.15) is 0 Å². The number of nitrogens with one attached hydrogen (secondary N) is 1. The molecule has 112 valence electrons. The van der Waals surface area contributed by atoms with Crippen LogP contribution in [0.5, 0.6) is 0 Å². The lowest BCUT2D eigenvalue weighted by molar-refractivity contribution is 0.587. The molecular weight excluding hydrogens is 260 g/mol. The number of hydrogen-bond donors (Lipinski definition) is 1. The Bertz CT molecular complexity index is 566. The first-order valence-corrected chi connectivity index (χ1v) is 7.35. The third-order valence-corrected chi connectivity index (χ3v) is 3.35. The zero-order valence-electron chi connectivity index (χ0n) is 13.3. The van der Waals surface area contributed by atoms with Crippen molar-refractivity contribution < 1.29 is 0 Å². The van der Waals surface area contributed by atoms with Crippen LogP contribution in [0.15, 0.2) is 36.8 Å². The first-order chi connectivity index (χ1) is 10.1. The van der Waals surface area contributed by atoms with E-state index in [1.54, 1.807) is 6.20 Å². The summed E-state index contributed by atoms with van der Waals surface area (Å²) in [4.78, 5) is 10.9. The van der Waals surface area contributed by atoms with E-state index >= 15 is 0 Å². The van der Waals surface area contributed by atoms with Crippen molar-refractivity contribution in [2.75, 3.05) is 11.9 Å². The molecule has 0 aliphatic carbocycles. The summed E-state index contributed by atoms with van der Waals surface area (Å²) in [6, 6.07) is 6.68. The topological polar surface area (TPSA) is 41.1 Å². The molecule has 0 unspecified atom stereocenters. The van der Waals surface area contributed by atoms with Crippen LogP contribution in [0.1, 0.15) is 30.7 Å². The second kappa shape index (κ2) is 7.18. The van der Waals surface area contributed by atoms with Crippen molar-refractivity contribution in [1.29, 1.82) is 0 Å². The Labute approximate surface area is 127 Å². The summed E-state index contributed by atoms with van der Waals surface area (Å²) in [7, 11) is 2.11. The van der Waals surface area contributed by atoms with Gasteiger partial charge in [0.25, 0.3) is 0 Å². The monoisotopic (exact) mass is 284 g/mol. The summed E-state index contributed by atoms with van der Waals surface area (Å²) in [5, 5.41) is 3.46. The van der Waals surface area contributed by atoms with Gasteiger partial charge in [-0.05, 0) is 24.6 Å². The summed E-state index contributed by atoms with van der Waals surface area (Å²) in [6.07, 6.45) is 5.69. The molecule has 0 atom stereocenters. The highest BCUT2D eigenvalue weighted by atomic mass is 15.1. The lowest BCUT2D eigenvalue weighted by Gasteiger charge is -2.23. The van der Waals surface area contributed by atoms with Gasteiger partial charge in [-0.1, -0.05) is 19.9 Å². The number of aromatic nitrogens is 2. The molecule has 2 aromatic heterocycles. The van der Waals surface area contributed by atoms with E-state index in [2.05, 4.69) is 53.2 Å². The fourth-order valence-electron chi connectivity index (χ4n) is 2.23. The van der Waals surface area contributed by atoms with Crippen LogP contribution in [-0.2, 0) is 13.1 Å². The summed E-state index contributed by atoms with van der Waals surface area (Å²) in [6.45, 7) is 8.01. The maximum absolute atomic E-state index is 4.43. The van der Waals surface area contributed by atoms with Gasteiger partial charge >= 0.3 is 0 Å². The maximum Gasteiger partial charge on any atom is 0.0445 e. The molecule has 0 aromatic carbocycles. The molecule has 4 heteroatoms. The zero-order chi connectivity index (χ0) is 15.2. The van der Waals surface area contributed by atoms with E-state index in [0.717, 1.165) is 18.8 Å². The Morgan fingerprint density at radius 3 is 2.76 bits per heavy atom. The molecule has 21 heavy (non-hydrogen) atoms. The predicted molar refractivity (Wildman–Crippen MR) is 87.3 cm³/mol. The fraction of sp³-hybridized carbons (Fsp3) is 0.412. The molecule has 1 N–H and O–H groups in total. The third-order valence-electron chi connectivity index (χ3n) is 3.35. The number of nitrogens with zero attached hydrogens (tertiary/aromatic N) is 3. The molecular formula is C17H24N4. The lowest BCUT2D eigenvalue weighted by atomic mass is 10.1. The number of anilines is 1. The van der Waals surface area contributed by atoms with E-state index in [0.29, 0.717) is 6.04 Å². The van der Waals surface area contributed by atoms with Gasteiger partial charge < -0.3 is 10.2 Å². The highest BCUT2D eigenvalue weighted by molar-refractivity contribution is 5.53. The smallest absolute Gasteiger partial charge is 0.0445 e. The molecule has 0 fully saturated rings. The van der Waals surface area contributed by atoms with Crippen LogP contribution >= 0.6 is 0 Å². The Kier molecular flexibility index (Phi) is 5.28. The van der Waals surface area contributed by atoms with E-state index in [1.807, 2.05) is 25.4 Å².